The van der Waals surface area contributed by atoms with E-state index in [2.05, 4.69) is 10.8 Å². The molecule has 2 N–H and O–H groups in total. The summed E-state index contributed by atoms with van der Waals surface area (Å²) in [5.41, 5.74) is 0.755. The monoisotopic (exact) mass is 173 g/mol. The summed E-state index contributed by atoms with van der Waals surface area (Å²) in [5, 5.41) is 0. The second-order valence-corrected chi connectivity index (χ2v) is 1.74. The van der Waals surface area contributed by atoms with Crippen molar-refractivity contribution in [1.82, 2.24) is 0 Å². The summed E-state index contributed by atoms with van der Waals surface area (Å²) in [7, 11) is 0. The maximum atomic E-state index is 5.08. The highest BCUT2D eigenvalue weighted by atomic mass is 35.5. The summed E-state index contributed by atoms with van der Waals surface area (Å²) in [4.78, 5) is 4.45. The largest absolute Gasteiger partial charge is 0.472 e. The molecule has 0 aromatic carbocycles. The standard InChI is InChI=1S/C7H7NO2.ClH/c1-2-7(10-8)6-3-4-9-5-6;/h1,3-5,7H,8H2;1H. The zero-order valence-corrected chi connectivity index (χ0v) is 6.51. The Kier molecular flexibility index (Phi) is 4.39. The SMILES string of the molecule is C#CC(ON)c1ccoc1.Cl. The van der Waals surface area contributed by atoms with E-state index in [-0.39, 0.29) is 12.4 Å². The van der Waals surface area contributed by atoms with Crippen molar-refractivity contribution in [2.45, 2.75) is 6.10 Å². The number of rotatable bonds is 2. The van der Waals surface area contributed by atoms with Crippen LogP contribution in [0.1, 0.15) is 11.7 Å². The van der Waals surface area contributed by atoms with Crippen LogP contribution in [0.25, 0.3) is 0 Å². The van der Waals surface area contributed by atoms with Crippen LogP contribution in [0.4, 0.5) is 0 Å². The van der Waals surface area contributed by atoms with Gasteiger partial charge in [0.05, 0.1) is 12.5 Å². The lowest BCUT2D eigenvalue weighted by molar-refractivity contribution is 0.0931. The van der Waals surface area contributed by atoms with Gasteiger partial charge in [0.1, 0.15) is 0 Å². The van der Waals surface area contributed by atoms with Gasteiger partial charge < -0.3 is 4.42 Å². The molecule has 0 aliphatic heterocycles. The minimum absolute atomic E-state index is 0. The van der Waals surface area contributed by atoms with E-state index in [1.165, 1.54) is 12.5 Å². The maximum Gasteiger partial charge on any atom is 0.167 e. The van der Waals surface area contributed by atoms with Crippen molar-refractivity contribution >= 4 is 12.4 Å². The third-order valence-corrected chi connectivity index (χ3v) is 1.13. The number of halogens is 1. The molecule has 1 unspecified atom stereocenters. The minimum atomic E-state index is -0.501. The summed E-state index contributed by atoms with van der Waals surface area (Å²) >= 11 is 0. The van der Waals surface area contributed by atoms with Crippen molar-refractivity contribution in [3.05, 3.63) is 24.2 Å². The Morgan fingerprint density at radius 2 is 2.45 bits per heavy atom. The molecule has 0 amide bonds. The molecule has 11 heavy (non-hydrogen) atoms. The first-order valence-corrected chi connectivity index (χ1v) is 2.72. The third kappa shape index (κ3) is 2.28. The van der Waals surface area contributed by atoms with Crippen LogP contribution in [-0.2, 0) is 4.84 Å². The normalized spacial score (nSPS) is 11.3. The molecule has 0 saturated carbocycles. The van der Waals surface area contributed by atoms with Crippen LogP contribution in [-0.4, -0.2) is 0 Å². The quantitative estimate of drug-likeness (QED) is 0.541. The van der Waals surface area contributed by atoms with Crippen LogP contribution in [0.15, 0.2) is 23.0 Å². The number of nitrogens with two attached hydrogens (primary N) is 1. The highest BCUT2D eigenvalue weighted by Crippen LogP contribution is 2.13. The fourth-order valence-electron chi connectivity index (χ4n) is 0.638. The Bertz CT molecular complexity index is 227. The van der Waals surface area contributed by atoms with E-state index in [0.717, 1.165) is 5.56 Å². The predicted octanol–water partition coefficient (Wildman–Crippen LogP) is 1.27. The Hall–Kier alpha value is -0.950. The second kappa shape index (κ2) is 4.80. The van der Waals surface area contributed by atoms with Crippen molar-refractivity contribution in [2.24, 2.45) is 5.90 Å². The third-order valence-electron chi connectivity index (χ3n) is 1.13. The van der Waals surface area contributed by atoms with Crippen LogP contribution in [0.2, 0.25) is 0 Å². The highest BCUT2D eigenvalue weighted by Gasteiger charge is 2.06. The smallest absolute Gasteiger partial charge is 0.167 e. The average molecular weight is 174 g/mol. The molecule has 0 aliphatic rings. The van der Waals surface area contributed by atoms with Crippen molar-refractivity contribution in [2.75, 3.05) is 0 Å². The average Bonchev–Trinajstić information content (AvgIpc) is 2.43. The number of hydrogen-bond acceptors (Lipinski definition) is 3. The van der Waals surface area contributed by atoms with Crippen LogP contribution < -0.4 is 5.90 Å². The summed E-state index contributed by atoms with van der Waals surface area (Å²) in [6, 6.07) is 1.71. The van der Waals surface area contributed by atoms with Gasteiger partial charge in [0, 0.05) is 5.56 Å². The van der Waals surface area contributed by atoms with Gasteiger partial charge in [-0.15, -0.1) is 18.8 Å². The molecule has 1 atom stereocenters. The van der Waals surface area contributed by atoms with Crippen LogP contribution in [0, 0.1) is 12.3 Å². The summed E-state index contributed by atoms with van der Waals surface area (Å²) < 4.78 is 4.77. The van der Waals surface area contributed by atoms with Gasteiger partial charge in [0.25, 0.3) is 0 Å². The Balaban J connectivity index is 0.000001000. The van der Waals surface area contributed by atoms with Crippen molar-refractivity contribution < 1.29 is 9.25 Å². The van der Waals surface area contributed by atoms with Crippen LogP contribution >= 0.6 is 12.4 Å². The number of terminal acetylenes is 1. The molecule has 4 heteroatoms. The molecule has 1 aromatic rings. The topological polar surface area (TPSA) is 48.4 Å². The number of furan rings is 1. The molecule has 0 spiro atoms. The van der Waals surface area contributed by atoms with E-state index in [4.69, 9.17) is 16.7 Å². The Morgan fingerprint density at radius 3 is 2.82 bits per heavy atom. The molecule has 1 aromatic heterocycles. The zero-order chi connectivity index (χ0) is 7.40. The van der Waals surface area contributed by atoms with Gasteiger partial charge in [0.15, 0.2) is 6.10 Å². The molecule has 0 bridgehead atoms. The van der Waals surface area contributed by atoms with E-state index >= 15 is 0 Å². The van der Waals surface area contributed by atoms with E-state index in [9.17, 15) is 0 Å². The first-order chi connectivity index (χ1) is 4.88. The van der Waals surface area contributed by atoms with Gasteiger partial charge in [-0.3, -0.25) is 4.84 Å². The Morgan fingerprint density at radius 1 is 1.73 bits per heavy atom. The van der Waals surface area contributed by atoms with E-state index in [1.807, 2.05) is 0 Å². The molecule has 1 rings (SSSR count). The highest BCUT2D eigenvalue weighted by molar-refractivity contribution is 5.85. The van der Waals surface area contributed by atoms with E-state index in [0.29, 0.717) is 0 Å². The van der Waals surface area contributed by atoms with Crippen LogP contribution in [0.3, 0.4) is 0 Å². The first-order valence-electron chi connectivity index (χ1n) is 2.72. The van der Waals surface area contributed by atoms with Crippen LogP contribution in [0.5, 0.6) is 0 Å². The zero-order valence-electron chi connectivity index (χ0n) is 5.69. The van der Waals surface area contributed by atoms with Crippen molar-refractivity contribution in [3.8, 4) is 12.3 Å². The molecular weight excluding hydrogens is 166 g/mol. The lowest BCUT2D eigenvalue weighted by Crippen LogP contribution is -2.05. The van der Waals surface area contributed by atoms with Gasteiger partial charge in [-0.25, -0.2) is 5.90 Å². The molecule has 3 nitrogen and oxygen atoms in total. The van der Waals surface area contributed by atoms with E-state index in [1.54, 1.807) is 6.07 Å². The fourth-order valence-corrected chi connectivity index (χ4v) is 0.638. The summed E-state index contributed by atoms with van der Waals surface area (Å²) in [5.74, 6) is 7.24. The van der Waals surface area contributed by atoms with Gasteiger partial charge in [-0.05, 0) is 6.07 Å². The summed E-state index contributed by atoms with van der Waals surface area (Å²) in [6.07, 6.45) is 7.59. The maximum absolute atomic E-state index is 5.08. The van der Waals surface area contributed by atoms with E-state index < -0.39 is 6.10 Å². The minimum Gasteiger partial charge on any atom is -0.472 e. The lowest BCUT2D eigenvalue weighted by Gasteiger charge is -2.01. The second-order valence-electron chi connectivity index (χ2n) is 1.74. The van der Waals surface area contributed by atoms with Gasteiger partial charge >= 0.3 is 0 Å². The molecule has 1 heterocycles. The number of hydrogen-bond donors (Lipinski definition) is 1. The van der Waals surface area contributed by atoms with Crippen molar-refractivity contribution in [3.63, 3.8) is 0 Å². The summed E-state index contributed by atoms with van der Waals surface area (Å²) in [6.45, 7) is 0. The molecular formula is C7H8ClNO2. The Labute approximate surface area is 70.9 Å². The van der Waals surface area contributed by atoms with Gasteiger partial charge in [0.2, 0.25) is 0 Å². The van der Waals surface area contributed by atoms with Crippen molar-refractivity contribution in [1.29, 1.82) is 0 Å². The van der Waals surface area contributed by atoms with Gasteiger partial charge in [-0.1, -0.05) is 5.92 Å². The molecule has 0 aliphatic carbocycles. The first kappa shape index (κ1) is 10.0. The fraction of sp³-hybridized carbons (Fsp3) is 0.143. The van der Waals surface area contributed by atoms with Gasteiger partial charge in [-0.2, -0.15) is 0 Å². The lowest BCUT2D eigenvalue weighted by atomic mass is 10.2. The predicted molar refractivity (Wildman–Crippen MR) is 42.8 cm³/mol. The molecule has 0 fully saturated rings. The molecule has 60 valence electrons. The molecule has 0 saturated heterocycles. The molecule has 0 radical (unpaired) electrons.